The Bertz CT molecular complexity index is 1100. The first-order chi connectivity index (χ1) is 15.5. The first-order valence-electron chi connectivity index (χ1n) is 10.5. The molecule has 3 N–H and O–H groups in total. The van der Waals surface area contributed by atoms with Gasteiger partial charge in [0.1, 0.15) is 24.4 Å². The zero-order valence-corrected chi connectivity index (χ0v) is 17.0. The lowest BCUT2D eigenvalue weighted by atomic mass is 10.0. The van der Waals surface area contributed by atoms with Crippen LogP contribution in [0.15, 0.2) is 36.9 Å². The predicted molar refractivity (Wildman–Crippen MR) is 109 cm³/mol. The molecule has 6 atom stereocenters. The maximum absolute atomic E-state index is 13.9. The minimum absolute atomic E-state index is 0.201. The van der Waals surface area contributed by atoms with Gasteiger partial charge in [-0.25, -0.2) is 23.7 Å². The fraction of sp³-hybridized carbons (Fsp3) is 0.476. The standard InChI is InChI=1S/C21H23F2N5O4/c22-13-4-2-1-3-11(13)5-6-14-17(29)18(30)21(32-14)28-10-26-16-19(24-9-25-20(16)28)27-12-7-15(23)31-8-12/h1-4,9-10,12,14-15,17-18,21,29-30H,5-8H2,(H,24,25,27)/t12?,14-,15?,17-,18?,21?/m1/s1. The number of aliphatic hydroxyl groups excluding tert-OH is 2. The first kappa shape index (κ1) is 21.1. The summed E-state index contributed by atoms with van der Waals surface area (Å²) < 4.78 is 39.6. The van der Waals surface area contributed by atoms with E-state index in [-0.39, 0.29) is 24.9 Å². The Balaban J connectivity index is 1.33. The molecule has 4 heterocycles. The fourth-order valence-electron chi connectivity index (χ4n) is 4.21. The lowest BCUT2D eigenvalue weighted by molar-refractivity contribution is -0.0368. The van der Waals surface area contributed by atoms with Crippen LogP contribution in [0.2, 0.25) is 0 Å². The van der Waals surface area contributed by atoms with Gasteiger partial charge >= 0.3 is 0 Å². The number of nitrogens with zero attached hydrogens (tertiary/aromatic N) is 4. The summed E-state index contributed by atoms with van der Waals surface area (Å²) in [6.07, 6.45) is -1.63. The summed E-state index contributed by atoms with van der Waals surface area (Å²) in [7, 11) is 0. The van der Waals surface area contributed by atoms with Crippen LogP contribution in [0.3, 0.4) is 0 Å². The van der Waals surface area contributed by atoms with E-state index in [1.807, 2.05) is 0 Å². The molecule has 2 aromatic heterocycles. The summed E-state index contributed by atoms with van der Waals surface area (Å²) in [6, 6.07) is 6.18. The molecule has 170 valence electrons. The maximum atomic E-state index is 13.9. The number of aliphatic hydroxyl groups is 2. The molecule has 0 aliphatic carbocycles. The number of rotatable bonds is 6. The van der Waals surface area contributed by atoms with E-state index in [0.29, 0.717) is 35.4 Å². The largest absolute Gasteiger partial charge is 0.388 e. The van der Waals surface area contributed by atoms with Crippen LogP contribution in [0.1, 0.15) is 24.6 Å². The number of fused-ring (bicyclic) bond motifs is 1. The maximum Gasteiger partial charge on any atom is 0.200 e. The molecule has 9 nitrogen and oxygen atoms in total. The van der Waals surface area contributed by atoms with Gasteiger partial charge in [0.25, 0.3) is 0 Å². The third-order valence-corrected chi connectivity index (χ3v) is 5.92. The molecule has 4 unspecified atom stereocenters. The molecular weight excluding hydrogens is 424 g/mol. The van der Waals surface area contributed by atoms with E-state index in [9.17, 15) is 19.0 Å². The van der Waals surface area contributed by atoms with Crippen LogP contribution < -0.4 is 5.32 Å². The fourth-order valence-corrected chi connectivity index (χ4v) is 4.21. The molecule has 2 saturated heterocycles. The summed E-state index contributed by atoms with van der Waals surface area (Å²) in [5, 5.41) is 24.3. The second kappa shape index (κ2) is 8.66. The van der Waals surface area contributed by atoms with E-state index >= 15 is 0 Å². The summed E-state index contributed by atoms with van der Waals surface area (Å²) in [5.41, 5.74) is 1.34. The quantitative estimate of drug-likeness (QED) is 0.523. The summed E-state index contributed by atoms with van der Waals surface area (Å²) in [4.78, 5) is 12.8. The van der Waals surface area contributed by atoms with Crippen LogP contribution in [0.5, 0.6) is 0 Å². The van der Waals surface area contributed by atoms with Crippen LogP contribution in [0.25, 0.3) is 11.2 Å². The van der Waals surface area contributed by atoms with Crippen molar-refractivity contribution in [3.8, 4) is 0 Å². The first-order valence-corrected chi connectivity index (χ1v) is 10.5. The van der Waals surface area contributed by atoms with Gasteiger partial charge in [-0.2, -0.15) is 0 Å². The summed E-state index contributed by atoms with van der Waals surface area (Å²) in [5.74, 6) is 0.0988. The summed E-state index contributed by atoms with van der Waals surface area (Å²) >= 11 is 0. The Morgan fingerprint density at radius 2 is 2.00 bits per heavy atom. The number of halogens is 2. The third-order valence-electron chi connectivity index (χ3n) is 5.92. The molecule has 1 aromatic carbocycles. The van der Waals surface area contributed by atoms with E-state index in [0.717, 1.165) is 0 Å². The second-order valence-electron chi connectivity index (χ2n) is 8.04. The lowest BCUT2D eigenvalue weighted by Gasteiger charge is -2.17. The van der Waals surface area contributed by atoms with Crippen LogP contribution in [-0.2, 0) is 15.9 Å². The highest BCUT2D eigenvalue weighted by molar-refractivity contribution is 5.82. The molecule has 11 heteroatoms. The highest BCUT2D eigenvalue weighted by atomic mass is 19.1. The van der Waals surface area contributed by atoms with Gasteiger partial charge in [-0.3, -0.25) is 4.57 Å². The second-order valence-corrected chi connectivity index (χ2v) is 8.04. The number of alkyl halides is 1. The van der Waals surface area contributed by atoms with Gasteiger partial charge in [0.2, 0.25) is 6.36 Å². The van der Waals surface area contributed by atoms with Crippen LogP contribution in [-0.4, -0.2) is 67.1 Å². The number of imidazole rings is 1. The zero-order chi connectivity index (χ0) is 22.2. The molecule has 3 aromatic rings. The molecule has 0 bridgehead atoms. The molecule has 0 radical (unpaired) electrons. The van der Waals surface area contributed by atoms with E-state index in [4.69, 9.17) is 9.47 Å². The average Bonchev–Trinajstić information content (AvgIpc) is 3.47. The monoisotopic (exact) mass is 447 g/mol. The molecule has 0 spiro atoms. The number of hydrogen-bond donors (Lipinski definition) is 3. The van der Waals surface area contributed by atoms with Crippen molar-refractivity contribution < 1.29 is 28.5 Å². The van der Waals surface area contributed by atoms with Crippen LogP contribution in [0, 0.1) is 5.82 Å². The van der Waals surface area contributed by atoms with Crippen molar-refractivity contribution in [3.05, 3.63) is 48.3 Å². The average molecular weight is 447 g/mol. The number of anilines is 1. The van der Waals surface area contributed by atoms with Gasteiger partial charge < -0.3 is 25.0 Å². The SMILES string of the molecule is OC1C(n2cnc3c(NC4COC(F)C4)ncnc32)O[C@H](CCc2ccccc2F)[C@H]1O. The van der Waals surface area contributed by atoms with Crippen molar-refractivity contribution in [1.82, 2.24) is 19.5 Å². The van der Waals surface area contributed by atoms with E-state index in [2.05, 4.69) is 20.3 Å². The Hall–Kier alpha value is -2.73. The molecule has 0 saturated carbocycles. The predicted octanol–water partition coefficient (Wildman–Crippen LogP) is 1.71. The highest BCUT2D eigenvalue weighted by Gasteiger charge is 2.44. The smallest absolute Gasteiger partial charge is 0.200 e. The normalized spacial score (nSPS) is 30.2. The molecule has 0 amide bonds. The molecule has 5 rings (SSSR count). The van der Waals surface area contributed by atoms with Crippen molar-refractivity contribution in [2.45, 2.75) is 56.2 Å². The Morgan fingerprint density at radius 3 is 2.78 bits per heavy atom. The Kier molecular flexibility index (Phi) is 5.72. The summed E-state index contributed by atoms with van der Waals surface area (Å²) in [6.45, 7) is 0.216. The molecule has 2 fully saturated rings. The highest BCUT2D eigenvalue weighted by Crippen LogP contribution is 2.34. The van der Waals surface area contributed by atoms with E-state index in [1.54, 1.807) is 18.2 Å². The van der Waals surface area contributed by atoms with E-state index in [1.165, 1.54) is 23.3 Å². The Morgan fingerprint density at radius 1 is 1.16 bits per heavy atom. The minimum Gasteiger partial charge on any atom is -0.388 e. The van der Waals surface area contributed by atoms with E-state index < -0.39 is 30.9 Å². The topological polar surface area (TPSA) is 115 Å². The van der Waals surface area contributed by atoms with Crippen molar-refractivity contribution >= 4 is 17.0 Å². The minimum atomic E-state index is -1.31. The number of hydrogen-bond acceptors (Lipinski definition) is 8. The number of aromatic nitrogens is 4. The third kappa shape index (κ3) is 3.92. The lowest BCUT2D eigenvalue weighted by Crippen LogP contribution is -2.31. The number of ether oxygens (including phenoxy) is 2. The molecule has 2 aliphatic heterocycles. The van der Waals surface area contributed by atoms with Crippen molar-refractivity contribution in [1.29, 1.82) is 0 Å². The number of benzene rings is 1. The van der Waals surface area contributed by atoms with Gasteiger partial charge in [0.05, 0.1) is 25.1 Å². The van der Waals surface area contributed by atoms with Crippen LogP contribution >= 0.6 is 0 Å². The molecular formula is C21H23F2N5O4. The van der Waals surface area contributed by atoms with Gasteiger partial charge in [-0.05, 0) is 24.5 Å². The van der Waals surface area contributed by atoms with Gasteiger partial charge in [-0.15, -0.1) is 0 Å². The molecule has 32 heavy (non-hydrogen) atoms. The zero-order valence-electron chi connectivity index (χ0n) is 17.0. The number of nitrogens with one attached hydrogen (secondary N) is 1. The van der Waals surface area contributed by atoms with Crippen molar-refractivity contribution in [3.63, 3.8) is 0 Å². The Labute approximate surface area is 182 Å². The van der Waals surface area contributed by atoms with Crippen molar-refractivity contribution in [2.24, 2.45) is 0 Å². The van der Waals surface area contributed by atoms with Gasteiger partial charge in [0, 0.05) is 6.42 Å². The van der Waals surface area contributed by atoms with Crippen LogP contribution in [0.4, 0.5) is 14.6 Å². The van der Waals surface area contributed by atoms with Gasteiger partial charge in [-0.1, -0.05) is 18.2 Å². The van der Waals surface area contributed by atoms with Crippen molar-refractivity contribution in [2.75, 3.05) is 11.9 Å². The van der Waals surface area contributed by atoms with Gasteiger partial charge in [0.15, 0.2) is 23.2 Å². The molecule has 2 aliphatic rings. The number of aryl methyl sites for hydroxylation is 1.